The van der Waals surface area contributed by atoms with Gasteiger partial charge in [-0.1, -0.05) is 0 Å². The molecule has 0 spiro atoms. The van der Waals surface area contributed by atoms with Crippen LogP contribution in [0.4, 0.5) is 30.2 Å². The normalized spacial score (nSPS) is 13.2. The van der Waals surface area contributed by atoms with Crippen molar-refractivity contribution < 1.29 is 36.1 Å². The summed E-state index contributed by atoms with van der Waals surface area (Å²) in [5.74, 6) is -1.78. The number of halogens is 3. The molecular weight excluding hydrogens is 463 g/mol. The van der Waals surface area contributed by atoms with Crippen molar-refractivity contribution in [3.05, 3.63) is 52.6 Å². The van der Waals surface area contributed by atoms with Crippen LogP contribution in [0.2, 0.25) is 0 Å². The van der Waals surface area contributed by atoms with Crippen molar-refractivity contribution in [1.29, 1.82) is 0 Å². The first-order chi connectivity index (χ1) is 14.4. The maximum Gasteiger partial charge on any atom is 0.475 e. The molecule has 31 heavy (non-hydrogen) atoms. The molecule has 0 saturated carbocycles. The molecule has 9 nitrogen and oxygen atoms in total. The predicted octanol–water partition coefficient (Wildman–Crippen LogP) is 2.93. The number of nitrogens with zero attached hydrogens (tertiary/aromatic N) is 1. The Bertz CT molecular complexity index is 1070. The molecule has 0 fully saturated rings. The molecule has 0 heterocycles. The minimum atomic E-state index is -5.12. The van der Waals surface area contributed by atoms with Crippen LogP contribution < -0.4 is 10.6 Å². The zero-order valence-corrected chi connectivity index (χ0v) is 17.2. The van der Waals surface area contributed by atoms with Crippen LogP contribution in [0.3, 0.4) is 0 Å². The van der Waals surface area contributed by atoms with E-state index in [9.17, 15) is 41.3 Å². The van der Waals surface area contributed by atoms with Gasteiger partial charge in [0.2, 0.25) is 11.8 Å². The van der Waals surface area contributed by atoms with E-state index in [0.29, 0.717) is 23.5 Å². The third-order valence-corrected chi connectivity index (χ3v) is 6.01. The Labute approximate surface area is 178 Å². The van der Waals surface area contributed by atoms with E-state index < -0.39 is 59.2 Å². The summed E-state index contributed by atoms with van der Waals surface area (Å²) in [5, 5.41) is 16.1. The van der Waals surface area contributed by atoms with Crippen molar-refractivity contribution >= 4 is 50.5 Å². The zero-order valence-electron chi connectivity index (χ0n) is 15.6. The molecule has 14 heteroatoms. The zero-order chi connectivity index (χ0) is 23.3. The van der Waals surface area contributed by atoms with E-state index in [1.165, 1.54) is 31.2 Å². The second-order valence-corrected chi connectivity index (χ2v) is 8.79. The standard InChI is InChI=1S/C17H14F3N3O6S2/c1-10(24)21-11-2-4-12(5-3-11)22-16(25)9-30(28)15-7-6-13(8-14(15)23(26)27)31(29)17(18,19)20/h2-8H,9H2,1H3,(H,21,24)(H,22,25). The van der Waals surface area contributed by atoms with Gasteiger partial charge in [0.05, 0.1) is 20.6 Å². The van der Waals surface area contributed by atoms with Crippen LogP contribution in [0, 0.1) is 10.1 Å². The van der Waals surface area contributed by atoms with Gasteiger partial charge in [0.1, 0.15) is 10.6 Å². The Morgan fingerprint density at radius 1 is 1.03 bits per heavy atom. The van der Waals surface area contributed by atoms with Crippen molar-refractivity contribution in [3.63, 3.8) is 0 Å². The Morgan fingerprint density at radius 3 is 2.06 bits per heavy atom. The van der Waals surface area contributed by atoms with Gasteiger partial charge in [0.15, 0.2) is 10.8 Å². The van der Waals surface area contributed by atoms with Gasteiger partial charge in [-0.2, -0.15) is 13.2 Å². The number of nitrogens with one attached hydrogen (secondary N) is 2. The van der Waals surface area contributed by atoms with E-state index in [1.807, 2.05) is 0 Å². The average Bonchev–Trinajstić information content (AvgIpc) is 2.67. The highest BCUT2D eigenvalue weighted by Crippen LogP contribution is 2.31. The van der Waals surface area contributed by atoms with E-state index in [1.54, 1.807) is 0 Å². The molecule has 2 unspecified atom stereocenters. The lowest BCUT2D eigenvalue weighted by Gasteiger charge is -2.09. The third kappa shape index (κ3) is 6.68. The van der Waals surface area contributed by atoms with Crippen molar-refractivity contribution in [2.45, 2.75) is 22.2 Å². The molecule has 2 rings (SSSR count). The molecule has 0 aromatic heterocycles. The van der Waals surface area contributed by atoms with Crippen molar-refractivity contribution in [3.8, 4) is 0 Å². The fraction of sp³-hybridized carbons (Fsp3) is 0.176. The Hall–Kier alpha value is -3.13. The number of alkyl halides is 3. The van der Waals surface area contributed by atoms with Gasteiger partial charge in [-0.3, -0.25) is 23.9 Å². The monoisotopic (exact) mass is 477 g/mol. The van der Waals surface area contributed by atoms with Crippen molar-refractivity contribution in [2.24, 2.45) is 0 Å². The first-order valence-electron chi connectivity index (χ1n) is 8.21. The summed E-state index contributed by atoms with van der Waals surface area (Å²) in [4.78, 5) is 31.9. The minimum absolute atomic E-state index is 0.293. The van der Waals surface area contributed by atoms with Crippen LogP contribution in [-0.2, 0) is 31.2 Å². The molecule has 0 radical (unpaired) electrons. The average molecular weight is 477 g/mol. The van der Waals surface area contributed by atoms with Gasteiger partial charge in [0, 0.05) is 24.4 Å². The number of hydrogen-bond acceptors (Lipinski definition) is 6. The van der Waals surface area contributed by atoms with Crippen LogP contribution in [0.1, 0.15) is 6.92 Å². The molecule has 0 saturated heterocycles. The molecular formula is C17H14F3N3O6S2. The summed E-state index contributed by atoms with van der Waals surface area (Å²) >= 11 is 0. The fourth-order valence-corrected chi connectivity index (χ4v) is 4.05. The Morgan fingerprint density at radius 2 is 1.58 bits per heavy atom. The lowest BCUT2D eigenvalue weighted by Crippen LogP contribution is -2.20. The maximum absolute atomic E-state index is 12.6. The van der Waals surface area contributed by atoms with E-state index in [0.717, 1.165) is 6.07 Å². The molecule has 2 N–H and O–H groups in total. The molecule has 166 valence electrons. The molecule has 2 atom stereocenters. The van der Waals surface area contributed by atoms with E-state index in [4.69, 9.17) is 0 Å². The number of carbonyl (C=O) groups is 2. The summed E-state index contributed by atoms with van der Waals surface area (Å²) in [6.07, 6.45) is 0. The number of carbonyl (C=O) groups excluding carboxylic acids is 2. The topological polar surface area (TPSA) is 135 Å². The fourth-order valence-electron chi connectivity index (χ4n) is 2.32. The summed E-state index contributed by atoms with van der Waals surface area (Å²) < 4.78 is 61.6. The lowest BCUT2D eigenvalue weighted by atomic mass is 10.3. The summed E-state index contributed by atoms with van der Waals surface area (Å²) in [6, 6.07) is 7.82. The number of anilines is 2. The molecule has 2 aromatic rings. The van der Waals surface area contributed by atoms with Gasteiger partial charge in [-0.25, -0.2) is 4.21 Å². The molecule has 0 bridgehead atoms. The van der Waals surface area contributed by atoms with Gasteiger partial charge in [-0.15, -0.1) is 0 Å². The van der Waals surface area contributed by atoms with Crippen LogP contribution in [-0.4, -0.2) is 36.4 Å². The lowest BCUT2D eigenvalue weighted by molar-refractivity contribution is -0.388. The van der Waals surface area contributed by atoms with E-state index in [-0.39, 0.29) is 5.91 Å². The quantitative estimate of drug-likeness (QED) is 0.465. The summed E-state index contributed by atoms with van der Waals surface area (Å²) in [7, 11) is -5.77. The van der Waals surface area contributed by atoms with E-state index in [2.05, 4.69) is 10.6 Å². The molecule has 0 aliphatic carbocycles. The third-order valence-electron chi connectivity index (χ3n) is 3.55. The molecule has 2 amide bonds. The number of nitro groups is 1. The van der Waals surface area contributed by atoms with Crippen LogP contribution >= 0.6 is 0 Å². The first-order valence-corrected chi connectivity index (χ1v) is 10.7. The summed E-state index contributed by atoms with van der Waals surface area (Å²) in [6.45, 7) is 1.32. The molecule has 0 aliphatic heterocycles. The Balaban J connectivity index is 2.15. The number of nitro benzene ring substituents is 1. The smallest absolute Gasteiger partial charge is 0.326 e. The SMILES string of the molecule is CC(=O)Nc1ccc(NC(=O)CS(=O)c2ccc(S(=O)C(F)(F)F)cc2[N+](=O)[O-])cc1. The highest BCUT2D eigenvalue weighted by Gasteiger charge is 2.39. The first kappa shape index (κ1) is 24.1. The summed E-state index contributed by atoms with van der Waals surface area (Å²) in [5.41, 5.74) is -5.30. The minimum Gasteiger partial charge on any atom is -0.326 e. The van der Waals surface area contributed by atoms with Crippen LogP contribution in [0.25, 0.3) is 0 Å². The number of amides is 2. The van der Waals surface area contributed by atoms with Gasteiger partial charge in [-0.05, 0) is 36.4 Å². The second-order valence-electron chi connectivity index (χ2n) is 5.90. The van der Waals surface area contributed by atoms with Gasteiger partial charge in [0.25, 0.3) is 5.69 Å². The van der Waals surface area contributed by atoms with Crippen molar-refractivity contribution in [2.75, 3.05) is 16.4 Å². The van der Waals surface area contributed by atoms with E-state index >= 15 is 0 Å². The largest absolute Gasteiger partial charge is 0.475 e. The molecule has 0 aliphatic rings. The Kier molecular flexibility index (Phi) is 7.62. The predicted molar refractivity (Wildman–Crippen MR) is 106 cm³/mol. The van der Waals surface area contributed by atoms with Crippen molar-refractivity contribution in [1.82, 2.24) is 0 Å². The molecule has 2 aromatic carbocycles. The highest BCUT2D eigenvalue weighted by molar-refractivity contribution is 7.86. The maximum atomic E-state index is 12.6. The number of hydrogen-bond donors (Lipinski definition) is 2. The van der Waals surface area contributed by atoms with Crippen LogP contribution in [0.5, 0.6) is 0 Å². The number of rotatable bonds is 7. The highest BCUT2D eigenvalue weighted by atomic mass is 32.2. The second kappa shape index (κ2) is 9.78. The van der Waals surface area contributed by atoms with Gasteiger partial charge < -0.3 is 10.6 Å². The van der Waals surface area contributed by atoms with Crippen LogP contribution in [0.15, 0.2) is 52.3 Å². The van der Waals surface area contributed by atoms with Gasteiger partial charge >= 0.3 is 5.51 Å². The number of benzene rings is 2.